The van der Waals surface area contributed by atoms with Gasteiger partial charge in [0.25, 0.3) is 5.56 Å². The summed E-state index contributed by atoms with van der Waals surface area (Å²) < 4.78 is 14.9. The number of hydrogen-bond donors (Lipinski definition) is 2. The summed E-state index contributed by atoms with van der Waals surface area (Å²) in [5.74, 6) is -1.22. The van der Waals surface area contributed by atoms with Crippen molar-refractivity contribution in [3.05, 3.63) is 112 Å². The van der Waals surface area contributed by atoms with Crippen LogP contribution >= 0.6 is 0 Å². The molecule has 36 heavy (non-hydrogen) atoms. The van der Waals surface area contributed by atoms with E-state index >= 15 is 0 Å². The van der Waals surface area contributed by atoms with Gasteiger partial charge < -0.3 is 10.4 Å². The molecule has 0 fully saturated rings. The van der Waals surface area contributed by atoms with Gasteiger partial charge in [-0.1, -0.05) is 60.7 Å². The fourth-order valence-corrected chi connectivity index (χ4v) is 4.40. The van der Waals surface area contributed by atoms with Gasteiger partial charge >= 0.3 is 5.97 Å². The highest BCUT2D eigenvalue weighted by Gasteiger charge is 2.19. The largest absolute Gasteiger partial charge is 0.481 e. The zero-order valence-corrected chi connectivity index (χ0v) is 20.1. The number of benzene rings is 3. The second kappa shape index (κ2) is 12.2. The molecule has 0 saturated carbocycles. The van der Waals surface area contributed by atoms with Gasteiger partial charge in [-0.05, 0) is 61.7 Å². The molecule has 0 amide bonds. The number of fused-ring (bicyclic) bond motifs is 1. The van der Waals surface area contributed by atoms with Gasteiger partial charge in [0, 0.05) is 18.2 Å². The molecule has 1 unspecified atom stereocenters. The third-order valence-corrected chi connectivity index (χ3v) is 6.31. The van der Waals surface area contributed by atoms with Crippen molar-refractivity contribution in [2.24, 2.45) is 0 Å². The van der Waals surface area contributed by atoms with E-state index in [4.69, 9.17) is 5.10 Å². The van der Waals surface area contributed by atoms with Crippen LogP contribution in [0.15, 0.2) is 83.7 Å². The number of rotatable bonds is 12. The van der Waals surface area contributed by atoms with E-state index in [0.29, 0.717) is 36.9 Å². The SMILES string of the molecule is O=C(O)CCC(CCNCCc1ccccc1)n1nc(Cc2ccc(F)cc2)c2ccccc2c1=O. The summed E-state index contributed by atoms with van der Waals surface area (Å²) in [6.07, 6.45) is 2.14. The highest BCUT2D eigenvalue weighted by atomic mass is 19.1. The van der Waals surface area contributed by atoms with E-state index in [1.165, 1.54) is 22.4 Å². The number of nitrogens with zero attached hydrogens (tertiary/aromatic N) is 2. The van der Waals surface area contributed by atoms with Crippen LogP contribution in [0.4, 0.5) is 4.39 Å². The Bertz CT molecular complexity index is 1350. The standard InChI is InChI=1S/C29H30FN3O3/c30-23-12-10-22(11-13-23)20-27-25-8-4-5-9-26(25)29(36)33(32-27)24(14-15-28(34)35)17-19-31-18-16-21-6-2-1-3-7-21/h1-13,24,31H,14-20H2,(H,34,35). The molecule has 7 heteroatoms. The van der Waals surface area contributed by atoms with Crippen LogP contribution in [-0.4, -0.2) is 33.9 Å². The lowest BCUT2D eigenvalue weighted by molar-refractivity contribution is -0.137. The second-order valence-electron chi connectivity index (χ2n) is 8.91. The molecule has 0 aliphatic rings. The molecule has 4 rings (SSSR count). The predicted octanol–water partition coefficient (Wildman–Crippen LogP) is 4.75. The van der Waals surface area contributed by atoms with Crippen molar-refractivity contribution >= 4 is 16.7 Å². The van der Waals surface area contributed by atoms with Crippen LogP contribution in [0, 0.1) is 5.82 Å². The van der Waals surface area contributed by atoms with Crippen molar-refractivity contribution in [3.63, 3.8) is 0 Å². The maximum atomic E-state index is 13.4. The molecule has 0 aliphatic carbocycles. The normalized spacial score (nSPS) is 12.0. The van der Waals surface area contributed by atoms with Gasteiger partial charge in [0.1, 0.15) is 5.82 Å². The third-order valence-electron chi connectivity index (χ3n) is 6.31. The van der Waals surface area contributed by atoms with Gasteiger partial charge in [-0.15, -0.1) is 0 Å². The van der Waals surface area contributed by atoms with Crippen LogP contribution in [-0.2, 0) is 17.6 Å². The van der Waals surface area contributed by atoms with Crippen molar-refractivity contribution in [3.8, 4) is 0 Å². The lowest BCUT2D eigenvalue weighted by atomic mass is 10.0. The van der Waals surface area contributed by atoms with E-state index in [-0.39, 0.29) is 23.8 Å². The fraction of sp³-hybridized carbons (Fsp3) is 0.276. The van der Waals surface area contributed by atoms with Gasteiger partial charge in [-0.3, -0.25) is 9.59 Å². The molecule has 0 saturated heterocycles. The number of carbonyl (C=O) groups is 1. The summed E-state index contributed by atoms with van der Waals surface area (Å²) in [7, 11) is 0. The zero-order chi connectivity index (χ0) is 25.3. The summed E-state index contributed by atoms with van der Waals surface area (Å²) >= 11 is 0. The Balaban J connectivity index is 1.57. The van der Waals surface area contributed by atoms with Gasteiger partial charge in [0.15, 0.2) is 0 Å². The number of carboxylic acid groups (broad SMARTS) is 1. The molecule has 1 aromatic heterocycles. The summed E-state index contributed by atoms with van der Waals surface area (Å²) in [5, 5.41) is 18.7. The molecular weight excluding hydrogens is 457 g/mol. The molecular formula is C29H30FN3O3. The number of halogens is 1. The van der Waals surface area contributed by atoms with Crippen molar-refractivity contribution in [2.75, 3.05) is 13.1 Å². The van der Waals surface area contributed by atoms with E-state index in [1.54, 1.807) is 18.2 Å². The Kier molecular flexibility index (Phi) is 8.57. The first kappa shape index (κ1) is 25.3. The van der Waals surface area contributed by atoms with Crippen LogP contribution in [0.25, 0.3) is 10.8 Å². The smallest absolute Gasteiger partial charge is 0.303 e. The zero-order valence-electron chi connectivity index (χ0n) is 20.1. The molecule has 3 aromatic carbocycles. The average Bonchev–Trinajstić information content (AvgIpc) is 2.89. The van der Waals surface area contributed by atoms with Crippen LogP contribution in [0.3, 0.4) is 0 Å². The Labute approximate surface area is 209 Å². The highest BCUT2D eigenvalue weighted by Crippen LogP contribution is 2.21. The van der Waals surface area contributed by atoms with Crippen LogP contribution in [0.5, 0.6) is 0 Å². The fourth-order valence-electron chi connectivity index (χ4n) is 4.40. The van der Waals surface area contributed by atoms with Gasteiger partial charge in [-0.2, -0.15) is 5.10 Å². The van der Waals surface area contributed by atoms with E-state index < -0.39 is 5.97 Å². The summed E-state index contributed by atoms with van der Waals surface area (Å²) in [6.45, 7) is 1.41. The van der Waals surface area contributed by atoms with Crippen LogP contribution < -0.4 is 10.9 Å². The minimum atomic E-state index is -0.905. The van der Waals surface area contributed by atoms with Crippen LogP contribution in [0.1, 0.15) is 42.1 Å². The van der Waals surface area contributed by atoms with E-state index in [9.17, 15) is 19.1 Å². The number of carboxylic acids is 1. The summed E-state index contributed by atoms with van der Waals surface area (Å²) in [5.41, 5.74) is 2.59. The quantitative estimate of drug-likeness (QED) is 0.282. The summed E-state index contributed by atoms with van der Waals surface area (Å²) in [6, 6.07) is 23.4. The van der Waals surface area contributed by atoms with E-state index in [1.807, 2.05) is 36.4 Å². The summed E-state index contributed by atoms with van der Waals surface area (Å²) in [4.78, 5) is 24.8. The van der Waals surface area contributed by atoms with Gasteiger partial charge in [0.05, 0.1) is 17.1 Å². The molecule has 0 aliphatic heterocycles. The number of nitrogens with one attached hydrogen (secondary N) is 1. The first-order valence-electron chi connectivity index (χ1n) is 12.2. The Hall–Kier alpha value is -3.84. The lowest BCUT2D eigenvalue weighted by Gasteiger charge is -2.20. The average molecular weight is 488 g/mol. The molecule has 1 heterocycles. The van der Waals surface area contributed by atoms with Crippen molar-refractivity contribution < 1.29 is 14.3 Å². The minimum Gasteiger partial charge on any atom is -0.481 e. The van der Waals surface area contributed by atoms with Gasteiger partial charge in [-0.25, -0.2) is 9.07 Å². The maximum Gasteiger partial charge on any atom is 0.303 e. The van der Waals surface area contributed by atoms with Crippen molar-refractivity contribution in [2.45, 2.75) is 38.1 Å². The first-order valence-corrected chi connectivity index (χ1v) is 12.2. The Morgan fingerprint density at radius 3 is 2.31 bits per heavy atom. The monoisotopic (exact) mass is 487 g/mol. The molecule has 0 spiro atoms. The van der Waals surface area contributed by atoms with E-state index in [2.05, 4.69) is 17.4 Å². The molecule has 4 aromatic rings. The number of aliphatic carboxylic acids is 1. The number of hydrogen-bond acceptors (Lipinski definition) is 4. The Morgan fingerprint density at radius 1 is 0.889 bits per heavy atom. The minimum absolute atomic E-state index is 0.0527. The molecule has 1 atom stereocenters. The number of aromatic nitrogens is 2. The second-order valence-corrected chi connectivity index (χ2v) is 8.91. The molecule has 0 radical (unpaired) electrons. The van der Waals surface area contributed by atoms with E-state index in [0.717, 1.165) is 23.9 Å². The lowest BCUT2D eigenvalue weighted by Crippen LogP contribution is -2.31. The molecule has 2 N–H and O–H groups in total. The van der Waals surface area contributed by atoms with Gasteiger partial charge in [0.2, 0.25) is 0 Å². The molecule has 186 valence electrons. The molecule has 0 bridgehead atoms. The molecule has 6 nitrogen and oxygen atoms in total. The third kappa shape index (κ3) is 6.64. The Morgan fingerprint density at radius 2 is 1.58 bits per heavy atom. The van der Waals surface area contributed by atoms with Crippen molar-refractivity contribution in [1.29, 1.82) is 0 Å². The topological polar surface area (TPSA) is 84.2 Å². The van der Waals surface area contributed by atoms with Crippen LogP contribution in [0.2, 0.25) is 0 Å². The first-order chi connectivity index (χ1) is 17.5. The maximum absolute atomic E-state index is 13.4. The predicted molar refractivity (Wildman–Crippen MR) is 139 cm³/mol. The highest BCUT2D eigenvalue weighted by molar-refractivity contribution is 5.83. The van der Waals surface area contributed by atoms with Crippen molar-refractivity contribution in [1.82, 2.24) is 15.1 Å².